The highest BCUT2D eigenvalue weighted by Gasteiger charge is 2.17. The lowest BCUT2D eigenvalue weighted by Crippen LogP contribution is -2.02. The van der Waals surface area contributed by atoms with Crippen LogP contribution in [-0.4, -0.2) is 15.2 Å². The van der Waals surface area contributed by atoms with Gasteiger partial charge in [-0.2, -0.15) is 0 Å². The molecule has 0 unspecified atom stereocenters. The maximum atomic E-state index is 14.4. The standard InChI is InChI=1S/C20H17F3N2.C2H3N3O/c1-3-13-4-7-18(17(22)9-13)25-20-15(5-6-16(21)19(20)23)14-8-12(2)10-24-11-14;3-2-5-4-1-6-2/h4-11,25H,3H2,1-2H3;1H,(H2,3,5). The Morgan fingerprint density at radius 1 is 1.03 bits per heavy atom. The summed E-state index contributed by atoms with van der Waals surface area (Å²) in [6.07, 6.45) is 5.09. The van der Waals surface area contributed by atoms with Gasteiger partial charge in [0.1, 0.15) is 5.82 Å². The van der Waals surface area contributed by atoms with E-state index in [-0.39, 0.29) is 17.4 Å². The smallest absolute Gasteiger partial charge is 0.312 e. The van der Waals surface area contributed by atoms with Crippen molar-refractivity contribution in [2.75, 3.05) is 11.1 Å². The molecule has 9 heteroatoms. The van der Waals surface area contributed by atoms with Crippen molar-refractivity contribution in [1.29, 1.82) is 0 Å². The Kier molecular flexibility index (Phi) is 6.86. The van der Waals surface area contributed by atoms with Crippen LogP contribution in [0.25, 0.3) is 11.1 Å². The van der Waals surface area contributed by atoms with E-state index in [9.17, 15) is 13.2 Å². The molecule has 31 heavy (non-hydrogen) atoms. The minimum Gasteiger partial charge on any atom is -0.411 e. The first-order valence-electron chi connectivity index (χ1n) is 9.36. The lowest BCUT2D eigenvalue weighted by Gasteiger charge is -2.15. The molecule has 0 amide bonds. The number of aromatic nitrogens is 3. The second-order valence-electron chi connectivity index (χ2n) is 6.60. The number of nitrogens with one attached hydrogen (secondary N) is 1. The maximum Gasteiger partial charge on any atom is 0.312 e. The fraction of sp³-hybridized carbons (Fsp3) is 0.136. The van der Waals surface area contributed by atoms with Gasteiger partial charge in [-0.1, -0.05) is 18.1 Å². The van der Waals surface area contributed by atoms with Crippen molar-refractivity contribution in [2.45, 2.75) is 20.3 Å². The van der Waals surface area contributed by atoms with Gasteiger partial charge < -0.3 is 15.5 Å². The van der Waals surface area contributed by atoms with Crippen molar-refractivity contribution in [3.63, 3.8) is 0 Å². The largest absolute Gasteiger partial charge is 0.411 e. The van der Waals surface area contributed by atoms with Crippen LogP contribution in [0, 0.1) is 24.4 Å². The number of nitrogens with two attached hydrogens (primary N) is 1. The van der Waals surface area contributed by atoms with E-state index in [4.69, 9.17) is 5.73 Å². The van der Waals surface area contributed by atoms with Crippen LogP contribution in [0.2, 0.25) is 0 Å². The van der Waals surface area contributed by atoms with E-state index in [0.29, 0.717) is 17.5 Å². The predicted molar refractivity (Wildman–Crippen MR) is 112 cm³/mol. The molecule has 0 saturated heterocycles. The molecule has 0 saturated carbocycles. The monoisotopic (exact) mass is 427 g/mol. The van der Waals surface area contributed by atoms with E-state index in [1.165, 1.54) is 24.6 Å². The van der Waals surface area contributed by atoms with Gasteiger partial charge in [-0.05, 0) is 54.8 Å². The molecule has 2 aromatic carbocycles. The first-order chi connectivity index (χ1) is 14.9. The van der Waals surface area contributed by atoms with Gasteiger partial charge in [-0.25, -0.2) is 13.2 Å². The van der Waals surface area contributed by atoms with Crippen LogP contribution in [0.1, 0.15) is 18.1 Å². The second-order valence-corrected chi connectivity index (χ2v) is 6.60. The Labute approximate surface area is 177 Å². The summed E-state index contributed by atoms with van der Waals surface area (Å²) in [5.74, 6) is -2.58. The van der Waals surface area contributed by atoms with Gasteiger partial charge in [0, 0.05) is 23.5 Å². The molecular weight excluding hydrogens is 407 g/mol. The minimum absolute atomic E-state index is 0.0866. The van der Waals surface area contributed by atoms with Crippen LogP contribution in [0.15, 0.2) is 59.6 Å². The topological polar surface area (TPSA) is 89.9 Å². The summed E-state index contributed by atoms with van der Waals surface area (Å²) in [5.41, 5.74) is 7.64. The van der Waals surface area contributed by atoms with Crippen molar-refractivity contribution < 1.29 is 17.6 Å². The molecule has 160 valence electrons. The second kappa shape index (κ2) is 9.75. The number of nitrogens with zero attached hydrogens (tertiary/aromatic N) is 3. The van der Waals surface area contributed by atoms with Crippen molar-refractivity contribution in [2.24, 2.45) is 0 Å². The molecule has 3 N–H and O–H groups in total. The number of hydrogen-bond acceptors (Lipinski definition) is 6. The summed E-state index contributed by atoms with van der Waals surface area (Å²) in [4.78, 5) is 4.08. The summed E-state index contributed by atoms with van der Waals surface area (Å²) in [7, 11) is 0. The van der Waals surface area contributed by atoms with E-state index in [1.54, 1.807) is 24.5 Å². The van der Waals surface area contributed by atoms with Crippen LogP contribution in [0.3, 0.4) is 0 Å². The SMILES string of the molecule is CCc1ccc(Nc2c(-c3cncc(C)c3)ccc(F)c2F)c(F)c1.Nc1nnco1. The van der Waals surface area contributed by atoms with Gasteiger partial charge in [0.15, 0.2) is 11.6 Å². The summed E-state index contributed by atoms with van der Waals surface area (Å²) in [6, 6.07) is 9.07. The molecule has 0 aliphatic heterocycles. The summed E-state index contributed by atoms with van der Waals surface area (Å²) >= 11 is 0. The fourth-order valence-electron chi connectivity index (χ4n) is 2.81. The predicted octanol–water partition coefficient (Wildman–Crippen LogP) is 5.43. The summed E-state index contributed by atoms with van der Waals surface area (Å²) in [6.45, 7) is 3.77. The molecule has 4 aromatic rings. The number of rotatable bonds is 4. The van der Waals surface area contributed by atoms with Crippen molar-refractivity contribution >= 4 is 17.4 Å². The van der Waals surface area contributed by atoms with Crippen LogP contribution in [0.4, 0.5) is 30.6 Å². The molecule has 0 aliphatic rings. The molecule has 0 spiro atoms. The Bertz CT molecular complexity index is 1170. The third-order valence-corrected chi connectivity index (χ3v) is 4.36. The molecule has 2 aromatic heterocycles. The van der Waals surface area contributed by atoms with Gasteiger partial charge in [-0.15, -0.1) is 5.10 Å². The molecule has 0 fully saturated rings. The third-order valence-electron chi connectivity index (χ3n) is 4.36. The van der Waals surface area contributed by atoms with Crippen molar-refractivity contribution in [3.05, 3.63) is 83.8 Å². The molecule has 0 atom stereocenters. The van der Waals surface area contributed by atoms with E-state index in [1.807, 2.05) is 13.8 Å². The number of hydrogen-bond donors (Lipinski definition) is 2. The average Bonchev–Trinajstić information content (AvgIpc) is 3.24. The number of nitrogen functional groups attached to an aromatic ring is 1. The third kappa shape index (κ3) is 5.39. The van der Waals surface area contributed by atoms with E-state index in [0.717, 1.165) is 17.2 Å². The van der Waals surface area contributed by atoms with Gasteiger partial charge in [-0.3, -0.25) is 4.98 Å². The van der Waals surface area contributed by atoms with Gasteiger partial charge in [0.25, 0.3) is 0 Å². The average molecular weight is 427 g/mol. The molecule has 2 heterocycles. The maximum absolute atomic E-state index is 14.4. The van der Waals surface area contributed by atoms with Crippen molar-refractivity contribution in [1.82, 2.24) is 15.2 Å². The van der Waals surface area contributed by atoms with E-state index < -0.39 is 17.5 Å². The van der Waals surface area contributed by atoms with Crippen molar-refractivity contribution in [3.8, 4) is 11.1 Å². The Hall–Kier alpha value is -3.88. The zero-order valence-electron chi connectivity index (χ0n) is 16.9. The van der Waals surface area contributed by atoms with E-state index >= 15 is 0 Å². The Morgan fingerprint density at radius 3 is 2.42 bits per heavy atom. The lowest BCUT2D eigenvalue weighted by molar-refractivity contribution is 0.512. The summed E-state index contributed by atoms with van der Waals surface area (Å²) in [5, 5.41) is 9.26. The number of pyridine rings is 1. The zero-order chi connectivity index (χ0) is 22.4. The lowest BCUT2D eigenvalue weighted by atomic mass is 10.0. The van der Waals surface area contributed by atoms with Gasteiger partial charge >= 0.3 is 6.01 Å². The molecule has 0 aliphatic carbocycles. The number of benzene rings is 2. The van der Waals surface area contributed by atoms with Gasteiger partial charge in [0.2, 0.25) is 6.39 Å². The van der Waals surface area contributed by atoms with Crippen LogP contribution < -0.4 is 11.1 Å². The number of anilines is 3. The number of aryl methyl sites for hydroxylation is 2. The molecule has 0 bridgehead atoms. The Morgan fingerprint density at radius 2 is 1.84 bits per heavy atom. The van der Waals surface area contributed by atoms with Crippen LogP contribution >= 0.6 is 0 Å². The van der Waals surface area contributed by atoms with E-state index in [2.05, 4.69) is 24.9 Å². The van der Waals surface area contributed by atoms with Gasteiger partial charge in [0.05, 0.1) is 11.4 Å². The van der Waals surface area contributed by atoms with Crippen LogP contribution in [-0.2, 0) is 6.42 Å². The zero-order valence-corrected chi connectivity index (χ0v) is 16.9. The quantitative estimate of drug-likeness (QED) is 0.451. The number of halogens is 3. The molecular formula is C22H20F3N5O. The molecule has 6 nitrogen and oxygen atoms in total. The highest BCUT2D eigenvalue weighted by Crippen LogP contribution is 2.34. The normalized spacial score (nSPS) is 10.4. The highest BCUT2D eigenvalue weighted by molar-refractivity contribution is 5.81. The fourth-order valence-corrected chi connectivity index (χ4v) is 2.81. The Balaban J connectivity index is 0.000000391. The first kappa shape index (κ1) is 21.8. The molecule has 0 radical (unpaired) electrons. The first-order valence-corrected chi connectivity index (χ1v) is 9.36. The summed E-state index contributed by atoms with van der Waals surface area (Å²) < 4.78 is 46.8. The molecule has 4 rings (SSSR count). The minimum atomic E-state index is -1.06. The van der Waals surface area contributed by atoms with Crippen LogP contribution in [0.5, 0.6) is 0 Å². The highest BCUT2D eigenvalue weighted by atomic mass is 19.2.